The summed E-state index contributed by atoms with van der Waals surface area (Å²) < 4.78 is 11.4. The second-order valence-corrected chi connectivity index (χ2v) is 7.21. The predicted octanol–water partition coefficient (Wildman–Crippen LogP) is 2.07. The summed E-state index contributed by atoms with van der Waals surface area (Å²) in [6.45, 7) is 6.99. The van der Waals surface area contributed by atoms with Crippen molar-refractivity contribution in [3.63, 3.8) is 0 Å². The number of aromatic nitrogens is 2. The van der Waals surface area contributed by atoms with E-state index in [9.17, 15) is 0 Å². The molecule has 2 aliphatic heterocycles. The molecule has 0 amide bonds. The maximum atomic E-state index is 5.76. The first kappa shape index (κ1) is 23.3. The Kier molecular flexibility index (Phi) is 8.95. The number of hydrogen-bond donors (Lipinski definition) is 2. The van der Waals surface area contributed by atoms with Gasteiger partial charge in [-0.1, -0.05) is 0 Å². The van der Waals surface area contributed by atoms with Gasteiger partial charge in [-0.05, 0) is 18.2 Å². The van der Waals surface area contributed by atoms with Crippen molar-refractivity contribution in [2.24, 2.45) is 4.99 Å². The molecule has 0 unspecified atom stereocenters. The van der Waals surface area contributed by atoms with Crippen LogP contribution in [0, 0.1) is 0 Å². The summed E-state index contributed by atoms with van der Waals surface area (Å²) in [6.07, 6.45) is 4.48. The second kappa shape index (κ2) is 11.9. The molecule has 0 aliphatic carbocycles. The third-order valence-corrected chi connectivity index (χ3v) is 5.16. The number of anilines is 2. The minimum atomic E-state index is 0. The molecule has 1 saturated heterocycles. The Labute approximate surface area is 200 Å². The first-order valence-corrected chi connectivity index (χ1v) is 10.4. The van der Waals surface area contributed by atoms with Gasteiger partial charge in [0.15, 0.2) is 17.5 Å². The Morgan fingerprint density at radius 1 is 1.06 bits per heavy atom. The molecule has 4 rings (SSSR count). The van der Waals surface area contributed by atoms with E-state index in [0.29, 0.717) is 13.2 Å². The van der Waals surface area contributed by atoms with E-state index in [0.717, 1.165) is 74.8 Å². The van der Waals surface area contributed by atoms with Crippen molar-refractivity contribution in [2.45, 2.75) is 6.42 Å². The highest BCUT2D eigenvalue weighted by atomic mass is 127. The lowest BCUT2D eigenvalue weighted by molar-refractivity contribution is 0.260. The number of fused-ring (bicyclic) bond motifs is 1. The van der Waals surface area contributed by atoms with Crippen LogP contribution < -0.4 is 25.0 Å². The first-order valence-electron chi connectivity index (χ1n) is 10.4. The number of halogens is 1. The fraction of sp³-hybridized carbons (Fsp3) is 0.476. The van der Waals surface area contributed by atoms with E-state index in [1.54, 1.807) is 19.4 Å². The number of rotatable bonds is 5. The van der Waals surface area contributed by atoms with Crippen LogP contribution in [0.4, 0.5) is 11.6 Å². The smallest absolute Gasteiger partial charge is 0.225 e. The summed E-state index contributed by atoms with van der Waals surface area (Å²) >= 11 is 0. The zero-order chi connectivity index (χ0) is 20.6. The number of nitrogens with one attached hydrogen (secondary N) is 2. The number of nitrogens with zero attached hydrogens (tertiary/aromatic N) is 5. The molecule has 9 nitrogen and oxygen atoms in total. The molecule has 168 valence electrons. The van der Waals surface area contributed by atoms with Crippen molar-refractivity contribution < 1.29 is 9.47 Å². The number of guanidine groups is 1. The molecule has 1 aromatic heterocycles. The number of aliphatic imine (C=N–C) groups is 1. The predicted molar refractivity (Wildman–Crippen MR) is 133 cm³/mol. The van der Waals surface area contributed by atoms with Gasteiger partial charge >= 0.3 is 0 Å². The molecule has 0 bridgehead atoms. The van der Waals surface area contributed by atoms with Crippen LogP contribution in [0.1, 0.15) is 6.42 Å². The van der Waals surface area contributed by atoms with Crippen molar-refractivity contribution in [3.8, 4) is 11.5 Å². The van der Waals surface area contributed by atoms with Gasteiger partial charge in [-0.25, -0.2) is 9.97 Å². The Morgan fingerprint density at radius 2 is 1.81 bits per heavy atom. The Bertz CT molecular complexity index is 845. The van der Waals surface area contributed by atoms with Crippen LogP contribution >= 0.6 is 24.0 Å². The fourth-order valence-corrected chi connectivity index (χ4v) is 3.52. The third-order valence-electron chi connectivity index (χ3n) is 5.16. The summed E-state index contributed by atoms with van der Waals surface area (Å²) in [5.74, 6) is 3.12. The van der Waals surface area contributed by atoms with Gasteiger partial charge in [0.05, 0.1) is 13.2 Å². The van der Waals surface area contributed by atoms with Crippen molar-refractivity contribution >= 4 is 41.6 Å². The monoisotopic (exact) mass is 539 g/mol. The van der Waals surface area contributed by atoms with Gasteiger partial charge in [0.25, 0.3) is 0 Å². The van der Waals surface area contributed by atoms with Gasteiger partial charge in [-0.2, -0.15) is 0 Å². The van der Waals surface area contributed by atoms with Gasteiger partial charge < -0.3 is 25.0 Å². The van der Waals surface area contributed by atoms with Crippen molar-refractivity contribution in [1.82, 2.24) is 20.2 Å². The average molecular weight is 539 g/mol. The Hall–Kier alpha value is -2.34. The molecule has 2 N–H and O–H groups in total. The molecule has 0 atom stereocenters. The molecule has 2 aromatic rings. The van der Waals surface area contributed by atoms with Crippen LogP contribution in [0.5, 0.6) is 11.5 Å². The summed E-state index contributed by atoms with van der Waals surface area (Å²) in [5, 5.41) is 6.71. The Morgan fingerprint density at radius 3 is 2.55 bits per heavy atom. The van der Waals surface area contributed by atoms with E-state index >= 15 is 0 Å². The highest BCUT2D eigenvalue weighted by Gasteiger charge is 2.18. The molecule has 31 heavy (non-hydrogen) atoms. The molecule has 2 aliphatic rings. The molecule has 1 fully saturated rings. The third kappa shape index (κ3) is 6.57. The topological polar surface area (TPSA) is 87.1 Å². The number of ether oxygens (including phenoxy) is 2. The minimum absolute atomic E-state index is 0. The van der Waals surface area contributed by atoms with Crippen LogP contribution in [-0.4, -0.2) is 80.4 Å². The van der Waals surface area contributed by atoms with E-state index in [1.165, 1.54) is 0 Å². The fourth-order valence-electron chi connectivity index (χ4n) is 3.52. The molecule has 0 radical (unpaired) electrons. The summed E-state index contributed by atoms with van der Waals surface area (Å²) in [7, 11) is 1.77. The van der Waals surface area contributed by atoms with E-state index < -0.39 is 0 Å². The Balaban J connectivity index is 0.00000272. The number of hydrogen-bond acceptors (Lipinski definition) is 7. The lowest BCUT2D eigenvalue weighted by Crippen LogP contribution is -2.49. The zero-order valence-electron chi connectivity index (χ0n) is 17.8. The first-order chi connectivity index (χ1) is 14.8. The van der Waals surface area contributed by atoms with E-state index in [2.05, 4.69) is 35.4 Å². The highest BCUT2D eigenvalue weighted by Crippen LogP contribution is 2.32. The van der Waals surface area contributed by atoms with Crippen LogP contribution in [-0.2, 0) is 0 Å². The van der Waals surface area contributed by atoms with Crippen LogP contribution in [0.2, 0.25) is 0 Å². The zero-order valence-corrected chi connectivity index (χ0v) is 20.1. The number of piperazine rings is 1. The molecule has 0 spiro atoms. The minimum Gasteiger partial charge on any atom is -0.490 e. The highest BCUT2D eigenvalue weighted by molar-refractivity contribution is 14.0. The maximum absolute atomic E-state index is 5.76. The quantitative estimate of drug-likeness (QED) is 0.340. The number of benzene rings is 1. The van der Waals surface area contributed by atoms with Crippen molar-refractivity contribution in [2.75, 3.05) is 69.7 Å². The summed E-state index contributed by atoms with van der Waals surface area (Å²) in [5.41, 5.74) is 0.920. The van der Waals surface area contributed by atoms with Gasteiger partial charge in [0.1, 0.15) is 0 Å². The van der Waals surface area contributed by atoms with Gasteiger partial charge in [0.2, 0.25) is 5.95 Å². The van der Waals surface area contributed by atoms with Crippen LogP contribution in [0.15, 0.2) is 41.7 Å². The van der Waals surface area contributed by atoms with E-state index in [1.807, 2.05) is 24.3 Å². The van der Waals surface area contributed by atoms with E-state index in [-0.39, 0.29) is 24.0 Å². The van der Waals surface area contributed by atoms with Crippen molar-refractivity contribution in [3.05, 3.63) is 36.7 Å². The largest absolute Gasteiger partial charge is 0.490 e. The van der Waals surface area contributed by atoms with Gasteiger partial charge in [-0.3, -0.25) is 9.89 Å². The SMILES string of the molecule is CN=C(NCCN1CCN(c2ncccn2)CC1)Nc1ccc2c(c1)OCCCO2.I. The van der Waals surface area contributed by atoms with Crippen LogP contribution in [0.25, 0.3) is 0 Å². The lowest BCUT2D eigenvalue weighted by Gasteiger charge is -2.34. The van der Waals surface area contributed by atoms with Gasteiger partial charge in [0, 0.05) is 76.9 Å². The summed E-state index contributed by atoms with van der Waals surface area (Å²) in [4.78, 5) is 17.7. The molecular formula is C21H30IN7O2. The molecular weight excluding hydrogens is 509 g/mol. The molecule has 0 saturated carbocycles. The van der Waals surface area contributed by atoms with Gasteiger partial charge in [-0.15, -0.1) is 24.0 Å². The van der Waals surface area contributed by atoms with Crippen LogP contribution in [0.3, 0.4) is 0 Å². The lowest BCUT2D eigenvalue weighted by atomic mass is 10.2. The molecule has 10 heteroatoms. The normalized spacial score (nSPS) is 16.8. The van der Waals surface area contributed by atoms with Crippen molar-refractivity contribution in [1.29, 1.82) is 0 Å². The maximum Gasteiger partial charge on any atom is 0.225 e. The standard InChI is InChI=1S/C21H29N7O2.HI/c1-22-20(26-17-4-5-18-19(16-17)30-15-3-14-29-18)23-8-9-27-10-12-28(13-11-27)21-24-6-2-7-25-21;/h2,4-7,16H,3,8-15H2,1H3,(H2,22,23,26);1H. The molecule has 1 aromatic carbocycles. The molecule has 3 heterocycles. The van der Waals surface area contributed by atoms with E-state index in [4.69, 9.17) is 9.47 Å². The summed E-state index contributed by atoms with van der Waals surface area (Å²) in [6, 6.07) is 7.72. The second-order valence-electron chi connectivity index (χ2n) is 7.21. The average Bonchev–Trinajstić information content (AvgIpc) is 3.04.